The number of amides is 2. The van der Waals surface area contributed by atoms with E-state index in [0.717, 1.165) is 31.9 Å². The second-order valence-electron chi connectivity index (χ2n) is 6.20. The Morgan fingerprint density at radius 1 is 1.17 bits per heavy atom. The average Bonchev–Trinajstić information content (AvgIpc) is 2.94. The molecule has 0 spiro atoms. The largest absolute Gasteiger partial charge is 0.490 e. The van der Waals surface area contributed by atoms with Gasteiger partial charge in [-0.05, 0) is 89.7 Å². The van der Waals surface area contributed by atoms with Crippen LogP contribution in [-0.2, 0) is 11.3 Å². The maximum atomic E-state index is 13.3. The minimum Gasteiger partial charge on any atom is -0.490 e. The molecule has 0 radical (unpaired) electrons. The van der Waals surface area contributed by atoms with Crippen molar-refractivity contribution in [2.24, 2.45) is 0 Å². The molecule has 9 heteroatoms. The van der Waals surface area contributed by atoms with E-state index in [9.17, 15) is 14.0 Å². The van der Waals surface area contributed by atoms with E-state index in [4.69, 9.17) is 21.1 Å². The number of hydrogen-bond acceptors (Lipinski definition) is 5. The molecule has 2 aromatic carbocycles. The number of ether oxygens (including phenoxy) is 2. The summed E-state index contributed by atoms with van der Waals surface area (Å²) in [5, 5.41) is -0.238. The number of carbonyl (C=O) groups excluding carboxylic acids is 2. The van der Waals surface area contributed by atoms with Gasteiger partial charge in [-0.1, -0.05) is 17.7 Å². The zero-order valence-electron chi connectivity index (χ0n) is 16.2. The molecule has 158 valence electrons. The lowest BCUT2D eigenvalue weighted by atomic mass is 10.1. The first-order chi connectivity index (χ1) is 14.3. The molecule has 0 aromatic heterocycles. The minimum absolute atomic E-state index is 0.0217. The summed E-state index contributed by atoms with van der Waals surface area (Å²) in [5.74, 6) is 0.325. The van der Waals surface area contributed by atoms with Gasteiger partial charge >= 0.3 is 0 Å². The highest BCUT2D eigenvalue weighted by molar-refractivity contribution is 14.1. The Bertz CT molecular complexity index is 1030. The zero-order valence-corrected chi connectivity index (χ0v) is 19.9. The Labute approximate surface area is 196 Å². The van der Waals surface area contributed by atoms with Crippen LogP contribution >= 0.6 is 46.0 Å². The molecular formula is C21H18ClFINO4S. The van der Waals surface area contributed by atoms with Gasteiger partial charge in [0, 0.05) is 5.02 Å². The highest BCUT2D eigenvalue weighted by atomic mass is 127. The fourth-order valence-electron chi connectivity index (χ4n) is 2.83. The molecule has 0 bridgehead atoms. The smallest absolute Gasteiger partial charge is 0.293 e. The predicted octanol–water partition coefficient (Wildman–Crippen LogP) is 6.12. The number of hydrogen-bond donors (Lipinski definition) is 0. The van der Waals surface area contributed by atoms with Crippen LogP contribution in [0.4, 0.5) is 9.18 Å². The van der Waals surface area contributed by atoms with Crippen LogP contribution in [0.3, 0.4) is 0 Å². The zero-order chi connectivity index (χ0) is 21.8. The van der Waals surface area contributed by atoms with E-state index < -0.39 is 17.0 Å². The van der Waals surface area contributed by atoms with Crippen LogP contribution in [0.2, 0.25) is 5.02 Å². The number of rotatable bonds is 7. The molecule has 0 atom stereocenters. The van der Waals surface area contributed by atoms with Crippen molar-refractivity contribution >= 4 is 63.2 Å². The van der Waals surface area contributed by atoms with Crippen molar-refractivity contribution < 1.29 is 23.5 Å². The molecule has 5 nitrogen and oxygen atoms in total. The Kier molecular flexibility index (Phi) is 7.65. The molecule has 1 aliphatic rings. The summed E-state index contributed by atoms with van der Waals surface area (Å²) in [7, 11) is 0. The minimum atomic E-state index is -0.479. The predicted molar refractivity (Wildman–Crippen MR) is 124 cm³/mol. The van der Waals surface area contributed by atoms with Crippen molar-refractivity contribution in [3.8, 4) is 11.5 Å². The van der Waals surface area contributed by atoms with Crippen LogP contribution < -0.4 is 9.47 Å². The molecule has 0 N–H and O–H groups in total. The molecular weight excluding hydrogens is 544 g/mol. The number of imide groups is 1. The summed E-state index contributed by atoms with van der Waals surface area (Å²) in [5.41, 5.74) is 1.22. The molecule has 1 saturated heterocycles. The Balaban J connectivity index is 1.88. The van der Waals surface area contributed by atoms with E-state index in [1.54, 1.807) is 12.1 Å². The number of halogens is 3. The van der Waals surface area contributed by atoms with Gasteiger partial charge in [-0.2, -0.15) is 0 Å². The first-order valence-corrected chi connectivity index (χ1v) is 11.4. The van der Waals surface area contributed by atoms with E-state index in [2.05, 4.69) is 22.6 Å². The number of nitrogens with zero attached hydrogens (tertiary/aromatic N) is 1. The van der Waals surface area contributed by atoms with Crippen LogP contribution in [0.25, 0.3) is 6.08 Å². The molecule has 3 rings (SSSR count). The first kappa shape index (κ1) is 22.9. The van der Waals surface area contributed by atoms with E-state index in [0.29, 0.717) is 35.2 Å². The molecule has 0 saturated carbocycles. The SMILES string of the molecule is CCOc1cc(/C=C2/SC(=O)N(Cc3ccc(F)cc3Cl)C2=O)cc(I)c1OCC. The van der Waals surface area contributed by atoms with Crippen LogP contribution in [-0.4, -0.2) is 29.3 Å². The molecule has 0 unspecified atom stereocenters. The average molecular weight is 562 g/mol. The second kappa shape index (κ2) is 10.0. The number of benzene rings is 2. The first-order valence-electron chi connectivity index (χ1n) is 9.12. The van der Waals surface area contributed by atoms with Gasteiger partial charge in [0.15, 0.2) is 11.5 Å². The number of carbonyl (C=O) groups is 2. The molecule has 1 heterocycles. The fraction of sp³-hybridized carbons (Fsp3) is 0.238. The third-order valence-electron chi connectivity index (χ3n) is 4.14. The highest BCUT2D eigenvalue weighted by Gasteiger charge is 2.35. The third kappa shape index (κ3) is 5.09. The standard InChI is InChI=1S/C21H18ClFINO4S/c1-3-28-17-8-12(7-16(24)19(17)29-4-2)9-18-20(26)25(21(27)30-18)11-13-5-6-14(23)10-15(13)22/h5-10H,3-4,11H2,1-2H3/b18-9+. The van der Waals surface area contributed by atoms with Crippen LogP contribution in [0.5, 0.6) is 11.5 Å². The third-order valence-corrected chi connectivity index (χ3v) is 6.20. The maximum absolute atomic E-state index is 13.3. The van der Waals surface area contributed by atoms with Gasteiger partial charge in [-0.15, -0.1) is 0 Å². The molecule has 2 aromatic rings. The van der Waals surface area contributed by atoms with Gasteiger partial charge in [-0.3, -0.25) is 14.5 Å². The van der Waals surface area contributed by atoms with Gasteiger partial charge in [0.05, 0.1) is 28.2 Å². The summed E-state index contributed by atoms with van der Waals surface area (Å²) in [6.07, 6.45) is 1.65. The summed E-state index contributed by atoms with van der Waals surface area (Å²) in [6, 6.07) is 7.50. The summed E-state index contributed by atoms with van der Waals surface area (Å²) in [6.45, 7) is 4.71. The van der Waals surface area contributed by atoms with Crippen molar-refractivity contribution in [3.63, 3.8) is 0 Å². The molecule has 0 aliphatic carbocycles. The quantitative estimate of drug-likeness (QED) is 0.301. The van der Waals surface area contributed by atoms with Gasteiger partial charge in [0.25, 0.3) is 11.1 Å². The Morgan fingerprint density at radius 3 is 2.57 bits per heavy atom. The van der Waals surface area contributed by atoms with Crippen molar-refractivity contribution in [1.82, 2.24) is 4.90 Å². The fourth-order valence-corrected chi connectivity index (χ4v) is 4.67. The van der Waals surface area contributed by atoms with Crippen molar-refractivity contribution in [3.05, 3.63) is 60.8 Å². The lowest BCUT2D eigenvalue weighted by Crippen LogP contribution is -2.27. The van der Waals surface area contributed by atoms with E-state index in [1.165, 1.54) is 12.1 Å². The van der Waals surface area contributed by atoms with E-state index in [-0.39, 0.29) is 11.6 Å². The summed E-state index contributed by atoms with van der Waals surface area (Å²) in [4.78, 5) is 26.6. The Hall–Kier alpha value is -1.78. The lowest BCUT2D eigenvalue weighted by molar-refractivity contribution is -0.123. The lowest BCUT2D eigenvalue weighted by Gasteiger charge is -2.14. The maximum Gasteiger partial charge on any atom is 0.293 e. The van der Waals surface area contributed by atoms with Gasteiger partial charge in [0.2, 0.25) is 0 Å². The van der Waals surface area contributed by atoms with Crippen molar-refractivity contribution in [2.75, 3.05) is 13.2 Å². The monoisotopic (exact) mass is 561 g/mol. The van der Waals surface area contributed by atoms with Gasteiger partial charge < -0.3 is 9.47 Å². The molecule has 1 aliphatic heterocycles. The highest BCUT2D eigenvalue weighted by Crippen LogP contribution is 2.38. The van der Waals surface area contributed by atoms with Crippen molar-refractivity contribution in [1.29, 1.82) is 0 Å². The second-order valence-corrected chi connectivity index (χ2v) is 8.76. The Morgan fingerprint density at radius 2 is 1.90 bits per heavy atom. The van der Waals surface area contributed by atoms with Crippen LogP contribution in [0, 0.1) is 9.39 Å². The number of thioether (sulfide) groups is 1. The van der Waals surface area contributed by atoms with Crippen LogP contribution in [0.15, 0.2) is 35.2 Å². The van der Waals surface area contributed by atoms with Crippen LogP contribution in [0.1, 0.15) is 25.0 Å². The van der Waals surface area contributed by atoms with E-state index in [1.807, 2.05) is 19.9 Å². The van der Waals surface area contributed by atoms with Gasteiger partial charge in [0.1, 0.15) is 5.82 Å². The van der Waals surface area contributed by atoms with Crippen molar-refractivity contribution in [2.45, 2.75) is 20.4 Å². The topological polar surface area (TPSA) is 55.8 Å². The molecule has 30 heavy (non-hydrogen) atoms. The normalized spacial score (nSPS) is 15.2. The summed E-state index contributed by atoms with van der Waals surface area (Å²) < 4.78 is 25.4. The summed E-state index contributed by atoms with van der Waals surface area (Å²) >= 11 is 9.04. The van der Waals surface area contributed by atoms with Gasteiger partial charge in [-0.25, -0.2) is 4.39 Å². The molecule has 2 amide bonds. The van der Waals surface area contributed by atoms with E-state index >= 15 is 0 Å². The molecule has 1 fully saturated rings.